The summed E-state index contributed by atoms with van der Waals surface area (Å²) < 4.78 is 40.6. The fraction of sp³-hybridized carbons (Fsp3) is 0.0769. The number of hydrogen-bond acceptors (Lipinski definition) is 3. The van der Waals surface area contributed by atoms with Gasteiger partial charge in [0, 0.05) is 17.8 Å². The summed E-state index contributed by atoms with van der Waals surface area (Å²) in [5.41, 5.74) is -0.636. The Bertz CT molecular complexity index is 710. The number of carbonyl (C=O) groups excluding carboxylic acids is 1. The monoisotopic (exact) mass is 298 g/mol. The number of pyridine rings is 1. The molecule has 0 atom stereocenters. The molecule has 1 aromatic heterocycles. The van der Waals surface area contributed by atoms with Crippen LogP contribution in [0, 0.1) is 0 Å². The fourth-order valence-corrected chi connectivity index (χ4v) is 1.56. The van der Waals surface area contributed by atoms with Gasteiger partial charge in [0.25, 0.3) is 5.91 Å². The number of carbonyl (C=O) groups is 1. The van der Waals surface area contributed by atoms with E-state index in [1.165, 1.54) is 30.5 Å². The van der Waals surface area contributed by atoms with Crippen LogP contribution in [0.5, 0.6) is 5.75 Å². The van der Waals surface area contributed by atoms with Gasteiger partial charge in [0.2, 0.25) is 5.56 Å². The first-order valence-corrected chi connectivity index (χ1v) is 5.70. The molecule has 2 N–H and O–H groups in total. The van der Waals surface area contributed by atoms with E-state index in [1.807, 2.05) is 0 Å². The second-order valence-corrected chi connectivity index (χ2v) is 3.94. The molecule has 1 heterocycles. The molecule has 0 saturated carbocycles. The molecule has 0 radical (unpaired) electrons. The SMILES string of the molecule is O=C(Nc1ccccc1OC(F)(F)F)c1cc[nH]c(=O)c1. The molecule has 0 aliphatic heterocycles. The summed E-state index contributed by atoms with van der Waals surface area (Å²) >= 11 is 0. The van der Waals surface area contributed by atoms with Gasteiger partial charge in [0.1, 0.15) is 0 Å². The Morgan fingerprint density at radius 1 is 1.19 bits per heavy atom. The number of hydrogen-bond donors (Lipinski definition) is 2. The molecule has 1 amide bonds. The van der Waals surface area contributed by atoms with Crippen LogP contribution < -0.4 is 15.6 Å². The predicted molar refractivity (Wildman–Crippen MR) is 68.1 cm³/mol. The van der Waals surface area contributed by atoms with Gasteiger partial charge < -0.3 is 15.0 Å². The number of H-pyrrole nitrogens is 1. The van der Waals surface area contributed by atoms with Crippen LogP contribution in [0.15, 0.2) is 47.4 Å². The minimum Gasteiger partial charge on any atom is -0.404 e. The van der Waals surface area contributed by atoms with E-state index in [0.717, 1.165) is 12.1 Å². The number of benzene rings is 1. The summed E-state index contributed by atoms with van der Waals surface area (Å²) in [5.74, 6) is -1.26. The average Bonchev–Trinajstić information content (AvgIpc) is 2.39. The highest BCUT2D eigenvalue weighted by molar-refractivity contribution is 6.04. The molecule has 0 fully saturated rings. The van der Waals surface area contributed by atoms with E-state index in [1.54, 1.807) is 0 Å². The van der Waals surface area contributed by atoms with Crippen molar-refractivity contribution in [2.45, 2.75) is 6.36 Å². The summed E-state index contributed by atoms with van der Waals surface area (Å²) in [6.07, 6.45) is -3.61. The lowest BCUT2D eigenvalue weighted by Gasteiger charge is -2.13. The summed E-state index contributed by atoms with van der Waals surface area (Å²) in [6.45, 7) is 0. The highest BCUT2D eigenvalue weighted by Crippen LogP contribution is 2.30. The zero-order valence-corrected chi connectivity index (χ0v) is 10.4. The first-order valence-electron chi connectivity index (χ1n) is 5.70. The van der Waals surface area contributed by atoms with E-state index in [9.17, 15) is 22.8 Å². The smallest absolute Gasteiger partial charge is 0.404 e. The van der Waals surface area contributed by atoms with Gasteiger partial charge in [-0.25, -0.2) is 0 Å². The Balaban J connectivity index is 2.23. The zero-order chi connectivity index (χ0) is 15.5. The Hall–Kier alpha value is -2.77. The summed E-state index contributed by atoms with van der Waals surface area (Å²) in [6, 6.07) is 7.46. The highest BCUT2D eigenvalue weighted by atomic mass is 19.4. The van der Waals surface area contributed by atoms with Gasteiger partial charge in [-0.3, -0.25) is 9.59 Å². The highest BCUT2D eigenvalue weighted by Gasteiger charge is 2.32. The molecule has 0 saturated heterocycles. The number of para-hydroxylation sites is 2. The van der Waals surface area contributed by atoms with Gasteiger partial charge in [-0.1, -0.05) is 12.1 Å². The predicted octanol–water partition coefficient (Wildman–Crippen LogP) is 2.53. The molecule has 0 aliphatic carbocycles. The van der Waals surface area contributed by atoms with Gasteiger partial charge in [-0.15, -0.1) is 13.2 Å². The third kappa shape index (κ3) is 4.10. The van der Waals surface area contributed by atoms with E-state index >= 15 is 0 Å². The van der Waals surface area contributed by atoms with Crippen molar-refractivity contribution in [2.75, 3.05) is 5.32 Å². The zero-order valence-electron chi connectivity index (χ0n) is 10.4. The summed E-state index contributed by atoms with van der Waals surface area (Å²) in [4.78, 5) is 25.3. The van der Waals surface area contributed by atoms with Crippen molar-refractivity contribution >= 4 is 11.6 Å². The minimum absolute atomic E-state index is 0.0144. The van der Waals surface area contributed by atoms with Crippen molar-refractivity contribution in [3.05, 3.63) is 58.5 Å². The molecular weight excluding hydrogens is 289 g/mol. The number of ether oxygens (including phenoxy) is 1. The maximum Gasteiger partial charge on any atom is 0.573 e. The van der Waals surface area contributed by atoms with E-state index in [2.05, 4.69) is 15.0 Å². The van der Waals surface area contributed by atoms with Crippen LogP contribution in [0.3, 0.4) is 0 Å². The second kappa shape index (κ2) is 5.70. The van der Waals surface area contributed by atoms with Gasteiger partial charge in [-0.05, 0) is 18.2 Å². The standard InChI is InChI=1S/C13H9F3N2O3/c14-13(15,16)21-10-4-2-1-3-9(10)18-12(20)8-5-6-17-11(19)7-8/h1-7H,(H,17,19)(H,18,20). The number of alkyl halides is 3. The van der Waals surface area contributed by atoms with Crippen molar-refractivity contribution < 1.29 is 22.7 Å². The number of anilines is 1. The van der Waals surface area contributed by atoms with Crippen molar-refractivity contribution in [3.8, 4) is 5.75 Å². The van der Waals surface area contributed by atoms with Gasteiger partial charge in [0.05, 0.1) is 5.69 Å². The first kappa shape index (κ1) is 14.6. The lowest BCUT2D eigenvalue weighted by atomic mass is 10.2. The Morgan fingerprint density at radius 2 is 1.90 bits per heavy atom. The van der Waals surface area contributed by atoms with Crippen molar-refractivity contribution in [1.82, 2.24) is 4.98 Å². The normalized spacial score (nSPS) is 11.0. The Kier molecular flexibility index (Phi) is 3.97. The molecule has 0 bridgehead atoms. The summed E-state index contributed by atoms with van der Waals surface area (Å²) in [7, 11) is 0. The third-order valence-corrected chi connectivity index (χ3v) is 2.40. The quantitative estimate of drug-likeness (QED) is 0.914. The largest absolute Gasteiger partial charge is 0.573 e. The molecule has 2 aromatic rings. The number of halogens is 3. The lowest BCUT2D eigenvalue weighted by molar-refractivity contribution is -0.274. The van der Waals surface area contributed by atoms with Crippen molar-refractivity contribution in [1.29, 1.82) is 0 Å². The molecule has 2 rings (SSSR count). The molecular formula is C13H9F3N2O3. The molecule has 0 spiro atoms. The molecule has 110 valence electrons. The number of nitrogens with one attached hydrogen (secondary N) is 2. The van der Waals surface area contributed by atoms with Crippen LogP contribution in [0.2, 0.25) is 0 Å². The number of rotatable bonds is 3. The molecule has 1 aromatic carbocycles. The third-order valence-electron chi connectivity index (χ3n) is 2.40. The van der Waals surface area contributed by atoms with E-state index in [0.29, 0.717) is 0 Å². The van der Waals surface area contributed by atoms with E-state index in [4.69, 9.17) is 0 Å². The number of aromatic amines is 1. The van der Waals surface area contributed by atoms with Crippen LogP contribution in [0.1, 0.15) is 10.4 Å². The Labute approximate surface area is 116 Å². The topological polar surface area (TPSA) is 71.2 Å². The Morgan fingerprint density at radius 3 is 2.57 bits per heavy atom. The van der Waals surface area contributed by atoms with Crippen LogP contribution >= 0.6 is 0 Å². The van der Waals surface area contributed by atoms with Gasteiger partial charge in [0.15, 0.2) is 5.75 Å². The lowest BCUT2D eigenvalue weighted by Crippen LogP contribution is -2.20. The van der Waals surface area contributed by atoms with Crippen LogP contribution in [-0.2, 0) is 0 Å². The van der Waals surface area contributed by atoms with Crippen LogP contribution in [-0.4, -0.2) is 17.3 Å². The molecule has 21 heavy (non-hydrogen) atoms. The maximum absolute atomic E-state index is 12.3. The van der Waals surface area contributed by atoms with E-state index in [-0.39, 0.29) is 11.3 Å². The molecule has 8 heteroatoms. The number of aromatic nitrogens is 1. The first-order chi connectivity index (χ1) is 9.85. The summed E-state index contributed by atoms with van der Waals surface area (Å²) in [5, 5.41) is 2.26. The number of amides is 1. The minimum atomic E-state index is -4.87. The molecule has 0 aliphatic rings. The van der Waals surface area contributed by atoms with E-state index < -0.39 is 23.6 Å². The van der Waals surface area contributed by atoms with Crippen molar-refractivity contribution in [2.24, 2.45) is 0 Å². The molecule has 0 unspecified atom stereocenters. The van der Waals surface area contributed by atoms with Gasteiger partial charge >= 0.3 is 6.36 Å². The second-order valence-electron chi connectivity index (χ2n) is 3.94. The fourth-order valence-electron chi connectivity index (χ4n) is 1.56. The molecule has 5 nitrogen and oxygen atoms in total. The van der Waals surface area contributed by atoms with Crippen LogP contribution in [0.25, 0.3) is 0 Å². The maximum atomic E-state index is 12.3. The average molecular weight is 298 g/mol. The van der Waals surface area contributed by atoms with Crippen molar-refractivity contribution in [3.63, 3.8) is 0 Å². The van der Waals surface area contributed by atoms with Crippen LogP contribution in [0.4, 0.5) is 18.9 Å². The van der Waals surface area contributed by atoms with Gasteiger partial charge in [-0.2, -0.15) is 0 Å².